The number of ether oxygens (including phenoxy) is 1. The van der Waals surface area contributed by atoms with E-state index in [-0.39, 0.29) is 5.97 Å². The van der Waals surface area contributed by atoms with E-state index in [4.69, 9.17) is 4.74 Å². The standard InChI is InChI=1S/C13H20N2O2/c1-3-11-8(2)13(16)17-7-12-10-5-4-9(14-10)6-15(11)12/h9-10,12,14H,3-7H2,1-2H3/t9-,10?,12?/m0/s1. The molecule has 0 radical (unpaired) electrons. The first-order valence-corrected chi connectivity index (χ1v) is 6.60. The second kappa shape index (κ2) is 4.02. The molecule has 4 nitrogen and oxygen atoms in total. The molecule has 17 heavy (non-hydrogen) atoms. The van der Waals surface area contributed by atoms with E-state index in [1.807, 2.05) is 6.92 Å². The summed E-state index contributed by atoms with van der Waals surface area (Å²) in [5.41, 5.74) is 1.99. The van der Waals surface area contributed by atoms with E-state index < -0.39 is 0 Å². The van der Waals surface area contributed by atoms with Crippen LogP contribution in [-0.4, -0.2) is 42.1 Å². The highest BCUT2D eigenvalue weighted by Gasteiger charge is 2.43. The smallest absolute Gasteiger partial charge is 0.335 e. The fourth-order valence-corrected chi connectivity index (χ4v) is 3.47. The predicted octanol–water partition coefficient (Wildman–Crippen LogP) is 1.03. The van der Waals surface area contributed by atoms with Gasteiger partial charge in [-0.15, -0.1) is 0 Å². The zero-order valence-electron chi connectivity index (χ0n) is 10.5. The molecule has 2 bridgehead atoms. The van der Waals surface area contributed by atoms with E-state index in [9.17, 15) is 4.79 Å². The highest BCUT2D eigenvalue weighted by Crippen LogP contribution is 2.32. The van der Waals surface area contributed by atoms with Crippen LogP contribution in [0.5, 0.6) is 0 Å². The summed E-state index contributed by atoms with van der Waals surface area (Å²) in [6.45, 7) is 5.58. The highest BCUT2D eigenvalue weighted by atomic mass is 16.5. The molecule has 3 aliphatic rings. The maximum atomic E-state index is 11.8. The van der Waals surface area contributed by atoms with Crippen LogP contribution in [0.25, 0.3) is 0 Å². The zero-order valence-corrected chi connectivity index (χ0v) is 10.5. The average Bonchev–Trinajstić information content (AvgIpc) is 2.66. The predicted molar refractivity (Wildman–Crippen MR) is 64.4 cm³/mol. The van der Waals surface area contributed by atoms with Gasteiger partial charge in [0.25, 0.3) is 0 Å². The molecular weight excluding hydrogens is 216 g/mol. The summed E-state index contributed by atoms with van der Waals surface area (Å²) >= 11 is 0. The molecule has 2 saturated heterocycles. The van der Waals surface area contributed by atoms with E-state index in [1.165, 1.54) is 18.5 Å². The van der Waals surface area contributed by atoms with Gasteiger partial charge in [-0.05, 0) is 26.2 Å². The van der Waals surface area contributed by atoms with Gasteiger partial charge in [-0.3, -0.25) is 0 Å². The van der Waals surface area contributed by atoms with Crippen LogP contribution in [0.2, 0.25) is 0 Å². The van der Waals surface area contributed by atoms with Crippen molar-refractivity contribution >= 4 is 5.97 Å². The van der Waals surface area contributed by atoms with Crippen LogP contribution in [0.3, 0.4) is 0 Å². The van der Waals surface area contributed by atoms with Crippen molar-refractivity contribution in [2.24, 2.45) is 0 Å². The van der Waals surface area contributed by atoms with Crippen molar-refractivity contribution in [3.05, 3.63) is 11.3 Å². The van der Waals surface area contributed by atoms with Crippen LogP contribution in [0.4, 0.5) is 0 Å². The molecule has 0 spiro atoms. The Labute approximate surface area is 102 Å². The summed E-state index contributed by atoms with van der Waals surface area (Å²) in [4.78, 5) is 14.2. The number of nitrogens with one attached hydrogen (secondary N) is 1. The zero-order chi connectivity index (χ0) is 12.0. The van der Waals surface area contributed by atoms with Crippen LogP contribution in [0.1, 0.15) is 33.1 Å². The summed E-state index contributed by atoms with van der Waals surface area (Å²) in [7, 11) is 0. The monoisotopic (exact) mass is 236 g/mol. The molecule has 94 valence electrons. The minimum Gasteiger partial charge on any atom is -0.460 e. The van der Waals surface area contributed by atoms with Crippen LogP contribution < -0.4 is 5.32 Å². The van der Waals surface area contributed by atoms with Crippen molar-refractivity contribution in [3.8, 4) is 0 Å². The van der Waals surface area contributed by atoms with Crippen LogP contribution in [0, 0.1) is 0 Å². The van der Waals surface area contributed by atoms with Crippen LogP contribution in [0.15, 0.2) is 11.3 Å². The van der Waals surface area contributed by atoms with E-state index >= 15 is 0 Å². The Kier molecular flexibility index (Phi) is 2.62. The number of nitrogens with zero attached hydrogens (tertiary/aromatic N) is 1. The van der Waals surface area contributed by atoms with Gasteiger partial charge in [-0.25, -0.2) is 4.79 Å². The van der Waals surface area contributed by atoms with Crippen molar-refractivity contribution in [2.45, 2.75) is 51.2 Å². The molecule has 3 aliphatic heterocycles. The molecule has 2 unspecified atom stereocenters. The van der Waals surface area contributed by atoms with Crippen molar-refractivity contribution in [1.29, 1.82) is 0 Å². The quantitative estimate of drug-likeness (QED) is 0.691. The Morgan fingerprint density at radius 3 is 3.06 bits per heavy atom. The Hall–Kier alpha value is -1.03. The van der Waals surface area contributed by atoms with Gasteiger partial charge in [0, 0.05) is 24.3 Å². The van der Waals surface area contributed by atoms with E-state index in [1.54, 1.807) is 0 Å². The lowest BCUT2D eigenvalue weighted by molar-refractivity contribution is -0.139. The molecular formula is C13H20N2O2. The van der Waals surface area contributed by atoms with Crippen molar-refractivity contribution < 1.29 is 9.53 Å². The summed E-state index contributed by atoms with van der Waals surface area (Å²) in [5, 5.41) is 3.64. The molecule has 3 heterocycles. The average molecular weight is 236 g/mol. The minimum absolute atomic E-state index is 0.132. The molecule has 2 fully saturated rings. The molecule has 0 aromatic carbocycles. The molecule has 1 N–H and O–H groups in total. The third-order valence-corrected chi connectivity index (χ3v) is 4.36. The molecule has 3 atom stereocenters. The molecule has 3 rings (SSSR count). The lowest BCUT2D eigenvalue weighted by Gasteiger charge is -2.42. The molecule has 0 saturated carbocycles. The second-order valence-electron chi connectivity index (χ2n) is 5.29. The third kappa shape index (κ3) is 1.66. The minimum atomic E-state index is -0.132. The van der Waals surface area contributed by atoms with Gasteiger partial charge >= 0.3 is 5.97 Å². The largest absolute Gasteiger partial charge is 0.460 e. The molecule has 0 aromatic heterocycles. The Morgan fingerprint density at radius 1 is 1.47 bits per heavy atom. The number of piperazine rings is 1. The van der Waals surface area contributed by atoms with Gasteiger partial charge in [0.05, 0.1) is 11.6 Å². The molecule has 0 amide bonds. The fraction of sp³-hybridized carbons (Fsp3) is 0.769. The van der Waals surface area contributed by atoms with Gasteiger partial charge in [-0.2, -0.15) is 0 Å². The topological polar surface area (TPSA) is 41.6 Å². The van der Waals surface area contributed by atoms with Crippen LogP contribution in [-0.2, 0) is 9.53 Å². The second-order valence-corrected chi connectivity index (χ2v) is 5.29. The van der Waals surface area contributed by atoms with Crippen molar-refractivity contribution in [2.75, 3.05) is 13.2 Å². The molecule has 0 aromatic rings. The van der Waals surface area contributed by atoms with Crippen molar-refractivity contribution in [1.82, 2.24) is 10.2 Å². The summed E-state index contributed by atoms with van der Waals surface area (Å²) in [5.74, 6) is -0.132. The number of esters is 1. The van der Waals surface area contributed by atoms with E-state index in [0.717, 1.165) is 18.5 Å². The maximum Gasteiger partial charge on any atom is 0.335 e. The molecule has 0 aliphatic carbocycles. The number of hydrogen-bond acceptors (Lipinski definition) is 4. The summed E-state index contributed by atoms with van der Waals surface area (Å²) < 4.78 is 5.39. The Morgan fingerprint density at radius 2 is 2.29 bits per heavy atom. The van der Waals surface area contributed by atoms with Crippen molar-refractivity contribution in [3.63, 3.8) is 0 Å². The fourth-order valence-electron chi connectivity index (χ4n) is 3.47. The normalized spacial score (nSPS) is 36.7. The first-order chi connectivity index (χ1) is 8.20. The number of cyclic esters (lactones) is 1. The van der Waals surface area contributed by atoms with Gasteiger partial charge in [0.2, 0.25) is 0 Å². The number of allylic oxidation sites excluding steroid dienone is 1. The Bertz CT molecular complexity index is 378. The summed E-state index contributed by atoms with van der Waals surface area (Å²) in [6, 6.07) is 1.43. The van der Waals surface area contributed by atoms with E-state index in [2.05, 4.69) is 17.1 Å². The first kappa shape index (κ1) is 11.1. The first-order valence-electron chi connectivity index (χ1n) is 6.60. The van der Waals surface area contributed by atoms with Gasteiger partial charge < -0.3 is 15.0 Å². The van der Waals surface area contributed by atoms with Gasteiger partial charge in [0.1, 0.15) is 6.61 Å². The van der Waals surface area contributed by atoms with Crippen LogP contribution >= 0.6 is 0 Å². The number of carbonyl (C=O) groups is 1. The summed E-state index contributed by atoms with van der Waals surface area (Å²) in [6.07, 6.45) is 3.37. The SMILES string of the molecule is CCC1=C(C)C(=O)OCC2C3CC[C@@H](CN12)N3. The van der Waals surface area contributed by atoms with Gasteiger partial charge in [-0.1, -0.05) is 6.92 Å². The maximum absolute atomic E-state index is 11.8. The number of rotatable bonds is 1. The third-order valence-electron chi connectivity index (χ3n) is 4.36. The highest BCUT2D eigenvalue weighted by molar-refractivity contribution is 5.88. The van der Waals surface area contributed by atoms with Gasteiger partial charge in [0.15, 0.2) is 0 Å². The Balaban J connectivity index is 1.97. The number of hydrogen-bond donors (Lipinski definition) is 1. The van der Waals surface area contributed by atoms with E-state index in [0.29, 0.717) is 24.7 Å². The number of fused-ring (bicyclic) bond motifs is 4. The lowest BCUT2D eigenvalue weighted by atomic mass is 10.0. The molecule has 4 heteroatoms. The lowest BCUT2D eigenvalue weighted by Crippen LogP contribution is -2.58. The number of carbonyl (C=O) groups excluding carboxylic acids is 1.